The molecule has 1 aromatic rings. The van der Waals surface area contributed by atoms with Crippen molar-refractivity contribution in [2.45, 2.75) is 70.9 Å². The highest BCUT2D eigenvalue weighted by molar-refractivity contribution is 6.07. The van der Waals surface area contributed by atoms with E-state index in [1.807, 2.05) is 32.0 Å². The van der Waals surface area contributed by atoms with Crippen molar-refractivity contribution >= 4 is 29.5 Å². The van der Waals surface area contributed by atoms with Crippen LogP contribution in [0, 0.1) is 13.8 Å². The van der Waals surface area contributed by atoms with Gasteiger partial charge in [-0.25, -0.2) is 4.79 Å². The van der Waals surface area contributed by atoms with Crippen molar-refractivity contribution in [1.82, 2.24) is 10.2 Å². The lowest BCUT2D eigenvalue weighted by atomic mass is 9.98. The van der Waals surface area contributed by atoms with Gasteiger partial charge in [-0.2, -0.15) is 0 Å². The number of esters is 1. The van der Waals surface area contributed by atoms with E-state index in [2.05, 4.69) is 10.6 Å². The Bertz CT molecular complexity index is 860. The fraction of sp³-hybridized carbons (Fsp3) is 0.545. The summed E-state index contributed by atoms with van der Waals surface area (Å²) in [6.45, 7) is 5.49. The number of rotatable bonds is 7. The number of hydrogen-bond donors (Lipinski definition) is 2. The molecule has 1 aliphatic heterocycles. The maximum absolute atomic E-state index is 12.6. The molecule has 1 saturated carbocycles. The molecule has 8 heteroatoms. The average Bonchev–Trinajstić information content (AvgIpc) is 3.25. The van der Waals surface area contributed by atoms with Crippen molar-refractivity contribution in [3.05, 3.63) is 29.3 Å². The van der Waals surface area contributed by atoms with E-state index in [9.17, 15) is 19.2 Å². The van der Waals surface area contributed by atoms with E-state index < -0.39 is 29.6 Å². The van der Waals surface area contributed by atoms with Crippen LogP contribution in [0.3, 0.4) is 0 Å². The van der Waals surface area contributed by atoms with Gasteiger partial charge in [-0.1, -0.05) is 25.0 Å². The summed E-state index contributed by atoms with van der Waals surface area (Å²) < 4.78 is 5.21. The summed E-state index contributed by atoms with van der Waals surface area (Å²) in [5.41, 5.74) is 1.88. The first kappa shape index (κ1) is 21.8. The average molecular weight is 415 g/mol. The van der Waals surface area contributed by atoms with Crippen molar-refractivity contribution in [3.63, 3.8) is 0 Å². The van der Waals surface area contributed by atoms with Gasteiger partial charge in [-0.05, 0) is 57.2 Å². The Morgan fingerprint density at radius 1 is 1.23 bits per heavy atom. The maximum Gasteiger partial charge on any atom is 0.325 e. The Kier molecular flexibility index (Phi) is 6.43. The Morgan fingerprint density at radius 2 is 1.93 bits per heavy atom. The minimum Gasteiger partial charge on any atom is -0.453 e. The van der Waals surface area contributed by atoms with Crippen LogP contribution in [0.2, 0.25) is 0 Å². The quantitative estimate of drug-likeness (QED) is 0.526. The summed E-state index contributed by atoms with van der Waals surface area (Å²) in [5, 5.41) is 5.59. The van der Waals surface area contributed by atoms with Crippen LogP contribution in [0.25, 0.3) is 0 Å². The summed E-state index contributed by atoms with van der Waals surface area (Å²) in [6.07, 6.45) is 2.55. The number of carbonyl (C=O) groups excluding carboxylic acids is 4. The number of carbonyl (C=O) groups is 4. The first-order valence-electron chi connectivity index (χ1n) is 10.4. The summed E-state index contributed by atoms with van der Waals surface area (Å²) in [6, 6.07) is 5.33. The van der Waals surface area contributed by atoms with E-state index in [0.29, 0.717) is 24.9 Å². The van der Waals surface area contributed by atoms with Crippen LogP contribution in [0.15, 0.2) is 18.2 Å². The molecular formula is C22H29N3O5. The van der Waals surface area contributed by atoms with Gasteiger partial charge >= 0.3 is 12.0 Å². The molecule has 1 aliphatic carbocycles. The minimum absolute atomic E-state index is 0.0190. The van der Waals surface area contributed by atoms with Crippen LogP contribution in [0.5, 0.6) is 0 Å². The Balaban J connectivity index is 1.44. The molecule has 1 spiro atoms. The van der Waals surface area contributed by atoms with Crippen molar-refractivity contribution in [1.29, 1.82) is 0 Å². The van der Waals surface area contributed by atoms with E-state index in [0.717, 1.165) is 24.0 Å². The highest BCUT2D eigenvalue weighted by Gasteiger charge is 2.52. The third kappa shape index (κ3) is 4.63. The lowest BCUT2D eigenvalue weighted by Crippen LogP contribution is -2.44. The molecule has 0 radical (unpaired) electrons. The van der Waals surface area contributed by atoms with Gasteiger partial charge < -0.3 is 15.4 Å². The Morgan fingerprint density at radius 3 is 2.63 bits per heavy atom. The van der Waals surface area contributed by atoms with E-state index in [1.54, 1.807) is 0 Å². The Hall–Kier alpha value is -2.90. The number of aryl methyl sites for hydroxylation is 2. The van der Waals surface area contributed by atoms with Crippen LogP contribution in [0.4, 0.5) is 10.5 Å². The van der Waals surface area contributed by atoms with Gasteiger partial charge in [0.05, 0.1) is 0 Å². The fourth-order valence-electron chi connectivity index (χ4n) is 3.99. The maximum atomic E-state index is 12.6. The number of amides is 4. The molecule has 0 aromatic heterocycles. The molecular weight excluding hydrogens is 386 g/mol. The molecule has 1 atom stereocenters. The normalized spacial score (nSPS) is 18.4. The lowest BCUT2D eigenvalue weighted by molar-refractivity contribution is -0.153. The number of urea groups is 1. The van der Waals surface area contributed by atoms with Crippen molar-refractivity contribution in [2.24, 2.45) is 0 Å². The second-order valence-electron chi connectivity index (χ2n) is 8.22. The monoisotopic (exact) mass is 415 g/mol. The van der Waals surface area contributed by atoms with Crippen LogP contribution < -0.4 is 10.6 Å². The fourth-order valence-corrected chi connectivity index (χ4v) is 3.99. The summed E-state index contributed by atoms with van der Waals surface area (Å²) in [4.78, 5) is 50.4. The van der Waals surface area contributed by atoms with Gasteiger partial charge in [0.25, 0.3) is 11.8 Å². The van der Waals surface area contributed by atoms with E-state index in [4.69, 9.17) is 4.74 Å². The third-order valence-corrected chi connectivity index (χ3v) is 5.79. The molecule has 1 heterocycles. The van der Waals surface area contributed by atoms with Gasteiger partial charge in [-0.3, -0.25) is 19.3 Å². The molecule has 1 saturated heterocycles. The molecule has 8 nitrogen and oxygen atoms in total. The molecule has 2 aliphatic rings. The number of hydrogen-bond acceptors (Lipinski definition) is 5. The van der Waals surface area contributed by atoms with Crippen LogP contribution in [-0.2, 0) is 19.1 Å². The highest BCUT2D eigenvalue weighted by Crippen LogP contribution is 2.35. The molecule has 1 aromatic carbocycles. The van der Waals surface area contributed by atoms with Crippen molar-refractivity contribution in [3.8, 4) is 0 Å². The Labute approximate surface area is 176 Å². The predicted octanol–water partition coefficient (Wildman–Crippen LogP) is 2.82. The van der Waals surface area contributed by atoms with Gasteiger partial charge in [0.1, 0.15) is 5.54 Å². The van der Waals surface area contributed by atoms with Crippen LogP contribution in [0.1, 0.15) is 56.6 Å². The van der Waals surface area contributed by atoms with E-state index in [1.165, 1.54) is 11.8 Å². The minimum atomic E-state index is -0.948. The molecule has 30 heavy (non-hydrogen) atoms. The van der Waals surface area contributed by atoms with Gasteiger partial charge in [-0.15, -0.1) is 0 Å². The predicted molar refractivity (Wildman–Crippen MR) is 111 cm³/mol. The molecule has 2 N–H and O–H groups in total. The molecule has 162 valence electrons. The molecule has 0 unspecified atom stereocenters. The third-order valence-electron chi connectivity index (χ3n) is 5.79. The van der Waals surface area contributed by atoms with Crippen LogP contribution in [-0.4, -0.2) is 46.9 Å². The first-order valence-corrected chi connectivity index (χ1v) is 10.4. The topological polar surface area (TPSA) is 105 Å². The highest BCUT2D eigenvalue weighted by atomic mass is 16.5. The molecule has 0 bridgehead atoms. The van der Waals surface area contributed by atoms with Gasteiger partial charge in [0, 0.05) is 18.7 Å². The molecule has 3 rings (SSSR count). The van der Waals surface area contributed by atoms with Crippen molar-refractivity contribution in [2.75, 3.05) is 11.9 Å². The number of ether oxygens (including phenoxy) is 1. The standard InChI is InChI=1S/C22H29N3O5/c1-14-8-9-15(2)17(13-14)23-19(27)16(3)30-18(26)7-6-12-25-20(28)22(24-21(25)29)10-4-5-11-22/h8-9,13,16H,4-7,10-12H2,1-3H3,(H,23,27)(H,24,29)/t16-/m1/s1. The van der Waals surface area contributed by atoms with Crippen molar-refractivity contribution < 1.29 is 23.9 Å². The van der Waals surface area contributed by atoms with E-state index in [-0.39, 0.29) is 18.9 Å². The van der Waals surface area contributed by atoms with Gasteiger partial charge in [0.15, 0.2) is 6.10 Å². The number of anilines is 1. The number of nitrogens with one attached hydrogen (secondary N) is 2. The summed E-state index contributed by atoms with van der Waals surface area (Å²) >= 11 is 0. The number of nitrogens with zero attached hydrogens (tertiary/aromatic N) is 1. The lowest BCUT2D eigenvalue weighted by Gasteiger charge is -2.20. The van der Waals surface area contributed by atoms with Crippen LogP contribution >= 0.6 is 0 Å². The number of imide groups is 1. The van der Waals surface area contributed by atoms with Gasteiger partial charge in [0.2, 0.25) is 0 Å². The zero-order valence-corrected chi connectivity index (χ0v) is 17.7. The second-order valence-corrected chi connectivity index (χ2v) is 8.22. The zero-order valence-electron chi connectivity index (χ0n) is 17.7. The second kappa shape index (κ2) is 8.85. The number of benzene rings is 1. The molecule has 2 fully saturated rings. The largest absolute Gasteiger partial charge is 0.453 e. The smallest absolute Gasteiger partial charge is 0.325 e. The molecule has 4 amide bonds. The van der Waals surface area contributed by atoms with E-state index >= 15 is 0 Å². The first-order chi connectivity index (χ1) is 14.2. The summed E-state index contributed by atoms with van der Waals surface area (Å²) in [5.74, 6) is -1.14. The summed E-state index contributed by atoms with van der Waals surface area (Å²) in [7, 11) is 0. The SMILES string of the molecule is Cc1ccc(C)c(NC(=O)[C@@H](C)OC(=O)CCCN2C(=O)NC3(CCCC3)C2=O)c1. The zero-order chi connectivity index (χ0) is 21.9.